The molecule has 2 aromatic rings. The first-order valence-corrected chi connectivity index (χ1v) is 7.69. The molecule has 23 heavy (non-hydrogen) atoms. The van der Waals surface area contributed by atoms with E-state index in [9.17, 15) is 9.59 Å². The highest BCUT2D eigenvalue weighted by molar-refractivity contribution is 5.93. The van der Waals surface area contributed by atoms with Gasteiger partial charge < -0.3 is 14.6 Å². The SMILES string of the molecule is Cc1cc(C)c2c(CC(=O)NC(C)C(=O)N(C)C)coc2c1C. The molecule has 1 aromatic carbocycles. The molecular formula is C18H24N2O3. The Kier molecular flexibility index (Phi) is 4.78. The summed E-state index contributed by atoms with van der Waals surface area (Å²) in [5, 5.41) is 3.73. The summed E-state index contributed by atoms with van der Waals surface area (Å²) in [5.74, 6) is -0.314. The fourth-order valence-electron chi connectivity index (χ4n) is 2.83. The summed E-state index contributed by atoms with van der Waals surface area (Å²) in [6.45, 7) is 7.77. The molecule has 124 valence electrons. The summed E-state index contributed by atoms with van der Waals surface area (Å²) in [6, 6.07) is 1.56. The quantitative estimate of drug-likeness (QED) is 0.942. The van der Waals surface area contributed by atoms with Gasteiger partial charge in [0.1, 0.15) is 11.6 Å². The van der Waals surface area contributed by atoms with Crippen LogP contribution in [0.5, 0.6) is 0 Å². The van der Waals surface area contributed by atoms with Gasteiger partial charge in [0.15, 0.2) is 0 Å². The number of rotatable bonds is 4. The van der Waals surface area contributed by atoms with Gasteiger partial charge in [-0.3, -0.25) is 9.59 Å². The molecule has 1 aromatic heterocycles. The Balaban J connectivity index is 2.21. The van der Waals surface area contributed by atoms with E-state index in [0.717, 1.165) is 27.7 Å². The van der Waals surface area contributed by atoms with Gasteiger partial charge in [0.25, 0.3) is 0 Å². The van der Waals surface area contributed by atoms with Crippen LogP contribution in [0.25, 0.3) is 11.0 Å². The largest absolute Gasteiger partial charge is 0.464 e. The van der Waals surface area contributed by atoms with Crippen LogP contribution in [0.15, 0.2) is 16.7 Å². The zero-order valence-electron chi connectivity index (χ0n) is 14.6. The fraction of sp³-hybridized carbons (Fsp3) is 0.444. The van der Waals surface area contributed by atoms with Crippen LogP contribution in [-0.2, 0) is 16.0 Å². The second-order valence-corrected chi connectivity index (χ2v) is 6.30. The molecule has 1 heterocycles. The molecule has 0 aliphatic rings. The third kappa shape index (κ3) is 3.38. The number of furan rings is 1. The zero-order chi connectivity index (χ0) is 17.3. The van der Waals surface area contributed by atoms with Crippen LogP contribution < -0.4 is 5.32 Å². The molecule has 1 unspecified atom stereocenters. The topological polar surface area (TPSA) is 62.6 Å². The molecule has 5 heteroatoms. The number of likely N-dealkylation sites (N-methyl/N-ethyl adjacent to an activating group) is 1. The Hall–Kier alpha value is -2.30. The van der Waals surface area contributed by atoms with Crippen molar-refractivity contribution in [2.75, 3.05) is 14.1 Å². The Labute approximate surface area is 136 Å². The van der Waals surface area contributed by atoms with Gasteiger partial charge in [0.2, 0.25) is 11.8 Å². The summed E-state index contributed by atoms with van der Waals surface area (Å²) in [4.78, 5) is 25.5. The first-order chi connectivity index (χ1) is 10.7. The summed E-state index contributed by atoms with van der Waals surface area (Å²) in [5.41, 5.74) is 5.04. The van der Waals surface area contributed by atoms with Gasteiger partial charge in [-0.25, -0.2) is 0 Å². The molecule has 2 rings (SSSR count). The molecule has 1 N–H and O–H groups in total. The van der Waals surface area contributed by atoms with Crippen molar-refractivity contribution in [2.24, 2.45) is 0 Å². The van der Waals surface area contributed by atoms with Crippen LogP contribution >= 0.6 is 0 Å². The number of aryl methyl sites for hydroxylation is 3. The highest BCUT2D eigenvalue weighted by Gasteiger charge is 2.19. The maximum Gasteiger partial charge on any atom is 0.244 e. The van der Waals surface area contributed by atoms with E-state index in [1.807, 2.05) is 20.8 Å². The van der Waals surface area contributed by atoms with Crippen molar-refractivity contribution in [3.05, 3.63) is 34.6 Å². The number of amides is 2. The van der Waals surface area contributed by atoms with Gasteiger partial charge in [-0.05, 0) is 44.4 Å². The lowest BCUT2D eigenvalue weighted by atomic mass is 9.99. The summed E-state index contributed by atoms with van der Waals surface area (Å²) >= 11 is 0. The minimum absolute atomic E-state index is 0.127. The highest BCUT2D eigenvalue weighted by atomic mass is 16.3. The normalized spacial score (nSPS) is 12.3. The van der Waals surface area contributed by atoms with E-state index in [0.29, 0.717) is 0 Å². The molecular weight excluding hydrogens is 292 g/mol. The summed E-state index contributed by atoms with van der Waals surface area (Å²) < 4.78 is 5.68. The minimum Gasteiger partial charge on any atom is -0.464 e. The van der Waals surface area contributed by atoms with Crippen molar-refractivity contribution in [3.8, 4) is 0 Å². The van der Waals surface area contributed by atoms with Gasteiger partial charge in [0.05, 0.1) is 12.7 Å². The molecule has 0 fully saturated rings. The molecule has 0 aliphatic heterocycles. The van der Waals surface area contributed by atoms with Gasteiger partial charge in [0, 0.05) is 25.0 Å². The minimum atomic E-state index is -0.541. The maximum atomic E-state index is 12.2. The third-order valence-electron chi connectivity index (χ3n) is 4.17. The Morgan fingerprint density at radius 1 is 1.22 bits per heavy atom. The molecule has 0 aliphatic carbocycles. The number of benzene rings is 1. The van der Waals surface area contributed by atoms with E-state index in [1.54, 1.807) is 27.3 Å². The van der Waals surface area contributed by atoms with Crippen LogP contribution in [0.3, 0.4) is 0 Å². The first kappa shape index (κ1) is 17.1. The molecule has 5 nitrogen and oxygen atoms in total. The second kappa shape index (κ2) is 6.44. The van der Waals surface area contributed by atoms with Gasteiger partial charge in [-0.1, -0.05) is 6.07 Å². The average molecular weight is 316 g/mol. The van der Waals surface area contributed by atoms with Crippen molar-refractivity contribution in [1.29, 1.82) is 0 Å². The van der Waals surface area contributed by atoms with Crippen molar-refractivity contribution < 1.29 is 14.0 Å². The number of hydrogen-bond acceptors (Lipinski definition) is 3. The number of nitrogens with one attached hydrogen (secondary N) is 1. The Bertz CT molecular complexity index is 759. The van der Waals surface area contributed by atoms with Crippen LogP contribution in [0.1, 0.15) is 29.2 Å². The molecule has 2 amide bonds. The van der Waals surface area contributed by atoms with Crippen molar-refractivity contribution in [3.63, 3.8) is 0 Å². The number of fused-ring (bicyclic) bond motifs is 1. The lowest BCUT2D eigenvalue weighted by molar-refractivity contribution is -0.133. The number of carbonyl (C=O) groups is 2. The van der Waals surface area contributed by atoms with E-state index in [1.165, 1.54) is 10.5 Å². The van der Waals surface area contributed by atoms with E-state index in [4.69, 9.17) is 4.42 Å². The van der Waals surface area contributed by atoms with Crippen LogP contribution in [-0.4, -0.2) is 36.9 Å². The van der Waals surface area contributed by atoms with E-state index in [2.05, 4.69) is 11.4 Å². The molecule has 1 atom stereocenters. The van der Waals surface area contributed by atoms with Gasteiger partial charge in [-0.2, -0.15) is 0 Å². The van der Waals surface area contributed by atoms with Crippen LogP contribution in [0.4, 0.5) is 0 Å². The van der Waals surface area contributed by atoms with E-state index >= 15 is 0 Å². The monoisotopic (exact) mass is 316 g/mol. The number of hydrogen-bond donors (Lipinski definition) is 1. The van der Waals surface area contributed by atoms with Crippen molar-refractivity contribution in [2.45, 2.75) is 40.2 Å². The van der Waals surface area contributed by atoms with Gasteiger partial charge >= 0.3 is 0 Å². The number of carbonyl (C=O) groups excluding carboxylic acids is 2. The van der Waals surface area contributed by atoms with E-state index < -0.39 is 6.04 Å². The zero-order valence-corrected chi connectivity index (χ0v) is 14.6. The van der Waals surface area contributed by atoms with Gasteiger partial charge in [-0.15, -0.1) is 0 Å². The lowest BCUT2D eigenvalue weighted by Crippen LogP contribution is -2.44. The summed E-state index contributed by atoms with van der Waals surface area (Å²) in [6.07, 6.45) is 1.84. The maximum absolute atomic E-state index is 12.2. The molecule has 0 spiro atoms. The third-order valence-corrected chi connectivity index (χ3v) is 4.17. The summed E-state index contributed by atoms with van der Waals surface area (Å²) in [7, 11) is 3.34. The van der Waals surface area contributed by atoms with Crippen molar-refractivity contribution in [1.82, 2.24) is 10.2 Å². The molecule has 0 saturated carbocycles. The second-order valence-electron chi connectivity index (χ2n) is 6.30. The van der Waals surface area contributed by atoms with Crippen molar-refractivity contribution >= 4 is 22.8 Å². The standard InChI is InChI=1S/C18H24N2O3/c1-10-7-11(2)16-14(9-23-17(16)12(10)3)8-15(21)19-13(4)18(22)20(5)6/h7,9,13H,8H2,1-6H3,(H,19,21). The fourth-order valence-corrected chi connectivity index (χ4v) is 2.83. The predicted octanol–water partition coefficient (Wildman–Crippen LogP) is 2.49. The Morgan fingerprint density at radius 2 is 1.87 bits per heavy atom. The van der Waals surface area contributed by atoms with E-state index in [-0.39, 0.29) is 18.2 Å². The molecule has 0 radical (unpaired) electrons. The molecule has 0 bridgehead atoms. The number of nitrogens with zero attached hydrogens (tertiary/aromatic N) is 1. The van der Waals surface area contributed by atoms with Crippen LogP contribution in [0, 0.1) is 20.8 Å². The highest BCUT2D eigenvalue weighted by Crippen LogP contribution is 2.30. The smallest absolute Gasteiger partial charge is 0.244 e. The average Bonchev–Trinajstić information content (AvgIpc) is 2.87. The predicted molar refractivity (Wildman–Crippen MR) is 90.4 cm³/mol. The lowest BCUT2D eigenvalue weighted by Gasteiger charge is -2.17. The molecule has 0 saturated heterocycles. The first-order valence-electron chi connectivity index (χ1n) is 7.69. The Morgan fingerprint density at radius 3 is 2.48 bits per heavy atom. The van der Waals surface area contributed by atoms with Crippen LogP contribution in [0.2, 0.25) is 0 Å².